The molecule has 0 aliphatic heterocycles. The van der Waals surface area contributed by atoms with Gasteiger partial charge in [0.15, 0.2) is 0 Å². The lowest BCUT2D eigenvalue weighted by Crippen LogP contribution is -2.21. The number of nitrogens with one attached hydrogen (secondary N) is 1. The third kappa shape index (κ3) is 3.67. The molecule has 0 atom stereocenters. The van der Waals surface area contributed by atoms with Gasteiger partial charge in [-0.25, -0.2) is 4.98 Å². The van der Waals surface area contributed by atoms with Crippen molar-refractivity contribution in [3.63, 3.8) is 0 Å². The summed E-state index contributed by atoms with van der Waals surface area (Å²) in [5, 5.41) is 12.4. The number of aliphatic hydroxyl groups is 1. The van der Waals surface area contributed by atoms with Crippen LogP contribution in [-0.2, 0) is 6.54 Å². The van der Waals surface area contributed by atoms with E-state index in [2.05, 4.69) is 22.1 Å². The average molecular weight is 306 g/mol. The molecule has 0 saturated carbocycles. The second-order valence-corrected chi connectivity index (χ2v) is 6.50. The van der Waals surface area contributed by atoms with Gasteiger partial charge in [-0.15, -0.1) is 22.7 Å². The number of amides is 1. The number of thiophene rings is 1. The van der Waals surface area contributed by atoms with Crippen LogP contribution in [0.15, 0.2) is 12.3 Å². The molecule has 0 aliphatic rings. The first-order valence-electron chi connectivity index (χ1n) is 6.00. The summed E-state index contributed by atoms with van der Waals surface area (Å²) in [6.07, 6.45) is 1.80. The summed E-state index contributed by atoms with van der Waals surface area (Å²) in [5.41, 5.74) is 0.950. The van der Waals surface area contributed by atoms with Gasteiger partial charge in [-0.2, -0.15) is 0 Å². The van der Waals surface area contributed by atoms with Gasteiger partial charge in [0.05, 0.1) is 16.3 Å². The fourth-order valence-corrected chi connectivity index (χ4v) is 3.25. The number of aromatic nitrogens is 1. The molecule has 2 aromatic heterocycles. The molecule has 0 bridgehead atoms. The van der Waals surface area contributed by atoms with Crippen LogP contribution in [0, 0.1) is 25.7 Å². The lowest BCUT2D eigenvalue weighted by Gasteiger charge is -1.99. The molecule has 2 rings (SSSR count). The average Bonchev–Trinajstić information content (AvgIpc) is 3.00. The Balaban J connectivity index is 2.02. The number of carbonyl (C=O) groups excluding carboxylic acids is 1. The van der Waals surface area contributed by atoms with Crippen molar-refractivity contribution in [2.45, 2.75) is 20.4 Å². The Hall–Kier alpha value is -1.68. The molecule has 2 N–H and O–H groups in total. The number of hydrogen-bond donors (Lipinski definition) is 2. The summed E-state index contributed by atoms with van der Waals surface area (Å²) in [6, 6.07) is 1.81. The molecule has 0 aromatic carbocycles. The fourth-order valence-electron chi connectivity index (χ4n) is 1.56. The maximum atomic E-state index is 12.0. The molecule has 0 unspecified atom stereocenters. The molecule has 1 amide bonds. The molecule has 104 valence electrons. The van der Waals surface area contributed by atoms with Crippen molar-refractivity contribution in [2.24, 2.45) is 0 Å². The first kappa shape index (κ1) is 14.7. The van der Waals surface area contributed by atoms with E-state index in [0.717, 1.165) is 20.3 Å². The van der Waals surface area contributed by atoms with E-state index in [9.17, 15) is 4.79 Å². The fraction of sp³-hybridized carbons (Fsp3) is 0.286. The van der Waals surface area contributed by atoms with E-state index in [-0.39, 0.29) is 12.5 Å². The van der Waals surface area contributed by atoms with Gasteiger partial charge in [0.2, 0.25) is 0 Å². The summed E-state index contributed by atoms with van der Waals surface area (Å²) in [6.45, 7) is 4.14. The Labute approximate surface area is 125 Å². The highest BCUT2D eigenvalue weighted by atomic mass is 32.1. The molecule has 4 nitrogen and oxygen atoms in total. The molecule has 0 spiro atoms. The van der Waals surface area contributed by atoms with Gasteiger partial charge in [-0.05, 0) is 25.5 Å². The van der Waals surface area contributed by atoms with E-state index < -0.39 is 0 Å². The molecule has 2 heterocycles. The maximum absolute atomic E-state index is 12.0. The van der Waals surface area contributed by atoms with Crippen LogP contribution in [-0.4, -0.2) is 22.6 Å². The number of thiazole rings is 1. The summed E-state index contributed by atoms with van der Waals surface area (Å²) in [5.74, 6) is 5.32. The SMILES string of the molecule is Cc1cnc(CNC(=O)c2cc(C)c(C#CCO)s2)s1. The molecular formula is C14H14N2O2S2. The lowest BCUT2D eigenvalue weighted by atomic mass is 10.2. The van der Waals surface area contributed by atoms with Gasteiger partial charge in [-0.1, -0.05) is 11.8 Å². The van der Waals surface area contributed by atoms with Gasteiger partial charge in [0.25, 0.3) is 5.91 Å². The molecule has 0 saturated heterocycles. The van der Waals surface area contributed by atoms with E-state index in [1.165, 1.54) is 11.3 Å². The Kier molecular flexibility index (Phi) is 4.90. The van der Waals surface area contributed by atoms with Crippen LogP contribution in [0.3, 0.4) is 0 Å². The quantitative estimate of drug-likeness (QED) is 0.854. The monoisotopic (exact) mass is 306 g/mol. The minimum Gasteiger partial charge on any atom is -0.384 e. The minimum absolute atomic E-state index is 0.122. The third-order valence-corrected chi connectivity index (χ3v) is 4.56. The van der Waals surface area contributed by atoms with Crippen molar-refractivity contribution < 1.29 is 9.90 Å². The molecule has 2 aromatic rings. The Morgan fingerprint density at radius 3 is 2.90 bits per heavy atom. The predicted molar refractivity (Wildman–Crippen MR) is 81.0 cm³/mol. The number of nitrogens with zero attached hydrogens (tertiary/aromatic N) is 1. The second-order valence-electron chi connectivity index (χ2n) is 4.13. The van der Waals surface area contributed by atoms with Crippen molar-refractivity contribution in [3.05, 3.63) is 37.5 Å². The van der Waals surface area contributed by atoms with Crippen molar-refractivity contribution in [1.29, 1.82) is 0 Å². The van der Waals surface area contributed by atoms with E-state index in [1.54, 1.807) is 17.5 Å². The first-order valence-corrected chi connectivity index (χ1v) is 7.63. The summed E-state index contributed by atoms with van der Waals surface area (Å²) < 4.78 is 0. The number of carbonyl (C=O) groups is 1. The van der Waals surface area contributed by atoms with Gasteiger partial charge >= 0.3 is 0 Å². The highest BCUT2D eigenvalue weighted by molar-refractivity contribution is 7.14. The third-order valence-electron chi connectivity index (χ3n) is 2.49. The van der Waals surface area contributed by atoms with Crippen LogP contribution in [0.2, 0.25) is 0 Å². The molecule has 0 radical (unpaired) electrons. The minimum atomic E-state index is -0.178. The highest BCUT2D eigenvalue weighted by Crippen LogP contribution is 2.21. The van der Waals surface area contributed by atoms with Crippen molar-refractivity contribution in [1.82, 2.24) is 10.3 Å². The maximum Gasteiger partial charge on any atom is 0.261 e. The van der Waals surface area contributed by atoms with Crippen LogP contribution < -0.4 is 5.32 Å². The van der Waals surface area contributed by atoms with Crippen LogP contribution in [0.5, 0.6) is 0 Å². The van der Waals surface area contributed by atoms with Gasteiger partial charge in [-0.3, -0.25) is 4.79 Å². The van der Waals surface area contributed by atoms with E-state index in [1.807, 2.05) is 19.9 Å². The Bertz CT molecular complexity index is 677. The summed E-state index contributed by atoms with van der Waals surface area (Å²) >= 11 is 2.91. The summed E-state index contributed by atoms with van der Waals surface area (Å²) in [7, 11) is 0. The van der Waals surface area contributed by atoms with Crippen molar-refractivity contribution in [2.75, 3.05) is 6.61 Å². The second kappa shape index (κ2) is 6.66. The standard InChI is InChI=1S/C14H14N2O2S2/c1-9-6-12(20-11(9)4-3-5-17)14(18)16-8-13-15-7-10(2)19-13/h6-7,17H,5,8H2,1-2H3,(H,16,18). The number of aliphatic hydroxyl groups excluding tert-OH is 1. The smallest absolute Gasteiger partial charge is 0.261 e. The van der Waals surface area contributed by atoms with Gasteiger partial charge in [0.1, 0.15) is 11.6 Å². The number of hydrogen-bond acceptors (Lipinski definition) is 5. The molecule has 0 fully saturated rings. The zero-order valence-electron chi connectivity index (χ0n) is 11.2. The van der Waals surface area contributed by atoms with E-state index >= 15 is 0 Å². The van der Waals surface area contributed by atoms with Crippen LogP contribution in [0.4, 0.5) is 0 Å². The number of rotatable bonds is 3. The normalized spacial score (nSPS) is 9.95. The zero-order chi connectivity index (χ0) is 14.5. The largest absolute Gasteiger partial charge is 0.384 e. The zero-order valence-corrected chi connectivity index (χ0v) is 12.8. The molecule has 0 aliphatic carbocycles. The lowest BCUT2D eigenvalue weighted by molar-refractivity contribution is 0.0955. The number of aryl methyl sites for hydroxylation is 2. The highest BCUT2D eigenvalue weighted by Gasteiger charge is 2.11. The predicted octanol–water partition coefficient (Wildman–Crippen LogP) is 2.10. The Morgan fingerprint density at radius 2 is 2.25 bits per heavy atom. The van der Waals surface area contributed by atoms with E-state index in [0.29, 0.717) is 11.4 Å². The van der Waals surface area contributed by atoms with Crippen molar-refractivity contribution in [3.8, 4) is 11.8 Å². The topological polar surface area (TPSA) is 62.2 Å². The molecular weight excluding hydrogens is 292 g/mol. The summed E-state index contributed by atoms with van der Waals surface area (Å²) in [4.78, 5) is 18.8. The Morgan fingerprint density at radius 1 is 1.45 bits per heavy atom. The van der Waals surface area contributed by atoms with Gasteiger partial charge < -0.3 is 10.4 Å². The van der Waals surface area contributed by atoms with E-state index in [4.69, 9.17) is 5.11 Å². The van der Waals surface area contributed by atoms with Crippen LogP contribution in [0.1, 0.15) is 30.0 Å². The van der Waals surface area contributed by atoms with Crippen LogP contribution in [0.25, 0.3) is 0 Å². The first-order chi connectivity index (χ1) is 9.60. The molecule has 6 heteroatoms. The van der Waals surface area contributed by atoms with Gasteiger partial charge in [0, 0.05) is 11.1 Å². The molecule has 20 heavy (non-hydrogen) atoms. The van der Waals surface area contributed by atoms with Crippen molar-refractivity contribution >= 4 is 28.6 Å². The van der Waals surface area contributed by atoms with Crippen LogP contribution >= 0.6 is 22.7 Å².